The lowest BCUT2D eigenvalue weighted by atomic mass is 10.2. The summed E-state index contributed by atoms with van der Waals surface area (Å²) < 4.78 is 18.0. The first-order valence-corrected chi connectivity index (χ1v) is 5.27. The summed E-state index contributed by atoms with van der Waals surface area (Å²) in [7, 11) is 0. The molecule has 17 heavy (non-hydrogen) atoms. The van der Waals surface area contributed by atoms with Crippen molar-refractivity contribution in [3.8, 4) is 17.6 Å². The number of ether oxygens (including phenoxy) is 1. The van der Waals surface area contributed by atoms with Gasteiger partial charge in [0.2, 0.25) is 0 Å². The van der Waals surface area contributed by atoms with Gasteiger partial charge in [0.05, 0.1) is 0 Å². The molecule has 0 aliphatic rings. The van der Waals surface area contributed by atoms with Crippen molar-refractivity contribution in [1.29, 1.82) is 0 Å². The van der Waals surface area contributed by atoms with Crippen LogP contribution in [0.5, 0.6) is 5.75 Å². The monoisotopic (exact) mass is 226 g/mol. The topological polar surface area (TPSA) is 9.23 Å². The molecule has 0 N–H and O–H groups in total. The first-order valence-electron chi connectivity index (χ1n) is 5.27. The minimum absolute atomic E-state index is 0.254. The minimum atomic E-state index is -0.254. The lowest BCUT2D eigenvalue weighted by Gasteiger charge is -1.99. The van der Waals surface area contributed by atoms with Gasteiger partial charge in [0.1, 0.15) is 18.2 Å². The Morgan fingerprint density at radius 2 is 1.65 bits per heavy atom. The van der Waals surface area contributed by atoms with Crippen molar-refractivity contribution in [2.24, 2.45) is 0 Å². The summed E-state index contributed by atoms with van der Waals surface area (Å²) in [4.78, 5) is 0. The molecule has 84 valence electrons. The number of hydrogen-bond acceptors (Lipinski definition) is 1. The molecule has 1 nitrogen and oxygen atoms in total. The molecule has 0 amide bonds. The van der Waals surface area contributed by atoms with Gasteiger partial charge in [0.25, 0.3) is 0 Å². The Morgan fingerprint density at radius 1 is 0.941 bits per heavy atom. The maximum Gasteiger partial charge on any atom is 0.149 e. The SMILES string of the molecule is Fc1ccc(C#CCOc2ccccc2)cc1. The van der Waals surface area contributed by atoms with Gasteiger partial charge in [0.15, 0.2) is 0 Å². The smallest absolute Gasteiger partial charge is 0.149 e. The van der Waals surface area contributed by atoms with Crippen LogP contribution < -0.4 is 4.74 Å². The number of halogens is 1. The molecule has 2 rings (SSSR count). The van der Waals surface area contributed by atoms with Crippen LogP contribution in [0.4, 0.5) is 4.39 Å². The Bertz CT molecular complexity index is 520. The molecule has 0 unspecified atom stereocenters. The molecule has 2 aromatic rings. The van der Waals surface area contributed by atoms with Crippen molar-refractivity contribution >= 4 is 0 Å². The van der Waals surface area contributed by atoms with Gasteiger partial charge in [-0.2, -0.15) is 0 Å². The summed E-state index contributed by atoms with van der Waals surface area (Å²) in [6.07, 6.45) is 0. The van der Waals surface area contributed by atoms with Crippen molar-refractivity contribution in [3.05, 3.63) is 66.0 Å². The van der Waals surface area contributed by atoms with Crippen molar-refractivity contribution in [3.63, 3.8) is 0 Å². The summed E-state index contributed by atoms with van der Waals surface area (Å²) in [5.74, 6) is 6.31. The number of rotatable bonds is 2. The van der Waals surface area contributed by atoms with Crippen LogP contribution in [0.2, 0.25) is 0 Å². The van der Waals surface area contributed by atoms with Crippen LogP contribution in [-0.2, 0) is 0 Å². The van der Waals surface area contributed by atoms with Crippen LogP contribution in [0.3, 0.4) is 0 Å². The van der Waals surface area contributed by atoms with Crippen LogP contribution in [-0.4, -0.2) is 6.61 Å². The molecule has 0 heterocycles. The molecule has 0 saturated carbocycles. The zero-order valence-electron chi connectivity index (χ0n) is 9.19. The van der Waals surface area contributed by atoms with Gasteiger partial charge >= 0.3 is 0 Å². The molecule has 0 spiro atoms. The van der Waals surface area contributed by atoms with E-state index >= 15 is 0 Å². The second kappa shape index (κ2) is 5.72. The number of para-hydroxylation sites is 1. The van der Waals surface area contributed by atoms with Crippen LogP contribution in [0.1, 0.15) is 5.56 Å². The van der Waals surface area contributed by atoms with Gasteiger partial charge < -0.3 is 4.74 Å². The molecule has 0 radical (unpaired) electrons. The number of benzene rings is 2. The van der Waals surface area contributed by atoms with E-state index in [2.05, 4.69) is 11.8 Å². The Balaban J connectivity index is 1.89. The minimum Gasteiger partial charge on any atom is -0.481 e. The normalized spacial score (nSPS) is 9.24. The quantitative estimate of drug-likeness (QED) is 0.714. The second-order valence-corrected chi connectivity index (χ2v) is 3.41. The third-order valence-corrected chi connectivity index (χ3v) is 2.13. The van der Waals surface area contributed by atoms with E-state index in [0.717, 1.165) is 11.3 Å². The first kappa shape index (κ1) is 11.2. The molecule has 0 aliphatic heterocycles. The summed E-state index contributed by atoms with van der Waals surface area (Å²) >= 11 is 0. The van der Waals surface area contributed by atoms with E-state index < -0.39 is 0 Å². The Morgan fingerprint density at radius 3 is 2.35 bits per heavy atom. The summed E-state index contributed by atoms with van der Waals surface area (Å²) in [6, 6.07) is 15.6. The van der Waals surface area contributed by atoms with Gasteiger partial charge in [-0.25, -0.2) is 4.39 Å². The molecular weight excluding hydrogens is 215 g/mol. The lowest BCUT2D eigenvalue weighted by Crippen LogP contribution is -1.93. The standard InChI is InChI=1S/C15H11FO/c16-14-10-8-13(9-11-14)5-4-12-17-15-6-2-1-3-7-15/h1-3,6-11H,12H2. The fourth-order valence-electron chi connectivity index (χ4n) is 1.31. The van der Waals surface area contributed by atoms with E-state index in [1.54, 1.807) is 12.1 Å². The Labute approximate surface area is 99.9 Å². The van der Waals surface area contributed by atoms with Gasteiger partial charge in [-0.05, 0) is 36.4 Å². The molecule has 0 saturated heterocycles. The fraction of sp³-hybridized carbons (Fsp3) is 0.0667. The first-order chi connectivity index (χ1) is 8.34. The van der Waals surface area contributed by atoms with Crippen LogP contribution in [0.25, 0.3) is 0 Å². The van der Waals surface area contributed by atoms with Crippen molar-refractivity contribution in [2.45, 2.75) is 0 Å². The highest BCUT2D eigenvalue weighted by molar-refractivity contribution is 5.34. The van der Waals surface area contributed by atoms with Crippen molar-refractivity contribution < 1.29 is 9.13 Å². The third-order valence-electron chi connectivity index (χ3n) is 2.13. The van der Waals surface area contributed by atoms with E-state index in [1.807, 2.05) is 30.3 Å². The van der Waals surface area contributed by atoms with E-state index in [9.17, 15) is 4.39 Å². The van der Waals surface area contributed by atoms with E-state index in [4.69, 9.17) is 4.74 Å². The number of hydrogen-bond donors (Lipinski definition) is 0. The van der Waals surface area contributed by atoms with E-state index in [-0.39, 0.29) is 5.82 Å². The Kier molecular flexibility index (Phi) is 3.77. The highest BCUT2D eigenvalue weighted by Crippen LogP contribution is 2.07. The van der Waals surface area contributed by atoms with Crippen LogP contribution in [0, 0.1) is 17.7 Å². The predicted molar refractivity (Wildman–Crippen MR) is 65.2 cm³/mol. The largest absolute Gasteiger partial charge is 0.481 e. The predicted octanol–water partition coefficient (Wildman–Crippen LogP) is 3.26. The van der Waals surface area contributed by atoms with E-state index in [1.165, 1.54) is 12.1 Å². The van der Waals surface area contributed by atoms with Gasteiger partial charge in [-0.3, -0.25) is 0 Å². The third kappa shape index (κ3) is 3.66. The average molecular weight is 226 g/mol. The average Bonchev–Trinajstić information content (AvgIpc) is 2.38. The highest BCUT2D eigenvalue weighted by Gasteiger charge is 1.89. The maximum absolute atomic E-state index is 12.6. The summed E-state index contributed by atoms with van der Waals surface area (Å²) in [5, 5.41) is 0. The van der Waals surface area contributed by atoms with Crippen molar-refractivity contribution in [1.82, 2.24) is 0 Å². The molecule has 0 aromatic heterocycles. The molecule has 0 fully saturated rings. The molecular formula is C15H11FO. The summed E-state index contributed by atoms with van der Waals surface area (Å²) in [6.45, 7) is 0.321. The Hall–Kier alpha value is -2.27. The second-order valence-electron chi connectivity index (χ2n) is 3.41. The molecule has 2 aromatic carbocycles. The fourth-order valence-corrected chi connectivity index (χ4v) is 1.31. The van der Waals surface area contributed by atoms with E-state index in [0.29, 0.717) is 6.61 Å². The van der Waals surface area contributed by atoms with Crippen molar-refractivity contribution in [2.75, 3.05) is 6.61 Å². The zero-order valence-corrected chi connectivity index (χ0v) is 9.19. The van der Waals surface area contributed by atoms with Gasteiger partial charge in [-0.15, -0.1) is 0 Å². The molecule has 0 atom stereocenters. The van der Waals surface area contributed by atoms with Crippen LogP contribution >= 0.6 is 0 Å². The van der Waals surface area contributed by atoms with Gasteiger partial charge in [0, 0.05) is 5.56 Å². The molecule has 0 aliphatic carbocycles. The lowest BCUT2D eigenvalue weighted by molar-refractivity contribution is 0.370. The van der Waals surface area contributed by atoms with Crippen LogP contribution in [0.15, 0.2) is 54.6 Å². The molecule has 2 heteroatoms. The molecule has 0 bridgehead atoms. The zero-order chi connectivity index (χ0) is 11.9. The maximum atomic E-state index is 12.6. The highest BCUT2D eigenvalue weighted by atomic mass is 19.1. The summed E-state index contributed by atoms with van der Waals surface area (Å²) in [5.41, 5.74) is 0.781. The van der Waals surface area contributed by atoms with Gasteiger partial charge in [-0.1, -0.05) is 30.0 Å².